The molecule has 1 aliphatic carbocycles. The van der Waals surface area contributed by atoms with Gasteiger partial charge in [-0.3, -0.25) is 37.1 Å². The van der Waals surface area contributed by atoms with Gasteiger partial charge in [-0.1, -0.05) is 173 Å². The van der Waals surface area contributed by atoms with Crippen LogP contribution in [0.5, 0.6) is 11.5 Å². The second kappa shape index (κ2) is 40.4. The summed E-state index contributed by atoms with van der Waals surface area (Å²) in [7, 11) is -1.90. The Morgan fingerprint density at radius 3 is 1.73 bits per heavy atom. The smallest absolute Gasteiger partial charge is 0.475 e. The molecule has 2 saturated heterocycles. The molecule has 2 fully saturated rings. The van der Waals surface area contributed by atoms with Crippen LogP contribution in [0.4, 0.5) is 16.4 Å². The summed E-state index contributed by atoms with van der Waals surface area (Å²) in [6.45, 7) is 7.63. The highest BCUT2D eigenvalue weighted by Gasteiger charge is 2.49. The number of phosphoric acid groups is 1. The van der Waals surface area contributed by atoms with E-state index >= 15 is 4.57 Å². The Kier molecular flexibility index (Phi) is 28.8. The molecule has 8 atom stereocenters. The van der Waals surface area contributed by atoms with E-state index in [2.05, 4.69) is 94.7 Å². The SMILES string of the molecule is COc1ccc(C(OC[C@H]2O[C@@H](n3cnc4c(NC(=O)c5ccc(CCC(=O)Cc6ccccc6)cc5)ncnc43)C[C@H]2OP(=O)(OCCC#N)OC[C@H]2O[C@@H](n3cnc4c(NC(=O)CCCN(C)C(=O)OCC5c6ccccc6-c6ccccc65)ncnc43)C[C@H]2OP(OCCC#N)C(C(C)C)C(C)C)(c2ccccc2)c2ccc(OC)cc2)cc1. The van der Waals surface area contributed by atoms with Gasteiger partial charge in [0.2, 0.25) is 5.91 Å². The summed E-state index contributed by atoms with van der Waals surface area (Å²) >= 11 is 0. The van der Waals surface area contributed by atoms with Crippen LogP contribution in [0, 0.1) is 34.5 Å². The fraction of sp³-hybridized carbons (Fsp3) is 0.363. The lowest BCUT2D eigenvalue weighted by atomic mass is 9.80. The molecule has 0 spiro atoms. The Morgan fingerprint density at radius 2 is 1.15 bits per heavy atom. The molecule has 0 radical (unpaired) electrons. The van der Waals surface area contributed by atoms with Crippen LogP contribution in [0.1, 0.15) is 140 Å². The van der Waals surface area contributed by atoms with Gasteiger partial charge in [0.15, 0.2) is 42.3 Å². The minimum absolute atomic E-state index is 0.0233. The Balaban J connectivity index is 0.729. The number of nitrogens with zero attached hydrogens (tertiary/aromatic N) is 11. The van der Waals surface area contributed by atoms with Crippen LogP contribution in [0.15, 0.2) is 207 Å². The van der Waals surface area contributed by atoms with E-state index in [-0.39, 0.29) is 122 Å². The molecule has 122 heavy (non-hydrogen) atoms. The minimum Gasteiger partial charge on any atom is -0.497 e. The third-order valence-corrected chi connectivity index (χ3v) is 26.0. The van der Waals surface area contributed by atoms with Crippen molar-refractivity contribution in [2.24, 2.45) is 11.8 Å². The number of Topliss-reactive ketones (excluding diaryl/α,β-unsaturated/α-hetero) is 1. The molecule has 7 aromatic carbocycles. The lowest BCUT2D eigenvalue weighted by Crippen LogP contribution is -2.38. The standard InChI is InChI=1S/C91H97N13O16P2/c1-59(2)84(60(3)4)121(114-47-19-44-92)119-75-50-80(103-57-98-82-85(94-55-96-87(82)103)100-79(106)29-18-46-102(5)90(108)112-52-74-72-27-16-14-25-70(72)71-26-15-17-28-73(71)74)118-78(75)54-116-122(109,115-48-20-45-93)120-76-51-81(117-77(76)53-113-91(64-23-12-9-13-24-64,65-35-40-68(110-6)41-36-65)66-37-42-69(111-7)43-38-66)104-58-99-83-86(95-56-97-88(83)104)101-89(107)63-33-30-61(31-34-63)32-39-67(105)49-62-21-10-8-11-22-62/h8-17,21-28,30-31,33-38,40-43,55-60,74-78,80-81,84H,18-20,29,32,39,46-54H2,1-7H3,(H,94,96,100,106)(H,95,97,101,107)/t75-,76-,77-,78-,80-,81-,121?,122?/m1/s1. The van der Waals surface area contributed by atoms with Gasteiger partial charge < -0.3 is 53.0 Å². The summed E-state index contributed by atoms with van der Waals surface area (Å²) in [5.74, 6) is 0.674. The van der Waals surface area contributed by atoms with Crippen molar-refractivity contribution < 1.29 is 74.8 Å². The summed E-state index contributed by atoms with van der Waals surface area (Å²) in [4.78, 5) is 83.3. The minimum atomic E-state index is -4.92. The van der Waals surface area contributed by atoms with E-state index in [0.29, 0.717) is 59.5 Å². The number of imidazole rings is 2. The number of carbonyl (C=O) groups excluding carboxylic acids is 4. The Morgan fingerprint density at radius 1 is 0.607 bits per heavy atom. The topological polar surface area (TPSA) is 349 Å². The van der Waals surface area contributed by atoms with E-state index in [4.69, 9.17) is 61.0 Å². The number of nitrogens with one attached hydrogen (secondary N) is 2. The molecule has 0 bridgehead atoms. The first kappa shape index (κ1) is 86.8. The largest absolute Gasteiger partial charge is 0.497 e. The number of nitriles is 2. The highest BCUT2D eigenvalue weighted by Crippen LogP contribution is 2.57. The Hall–Kier alpha value is -11.6. The number of ketones is 1. The lowest BCUT2D eigenvalue weighted by Gasteiger charge is -2.37. The molecule has 2 unspecified atom stereocenters. The normalized spacial score (nSPS) is 17.7. The quantitative estimate of drug-likeness (QED) is 0.0205. The number of amides is 3. The zero-order valence-corrected chi connectivity index (χ0v) is 70.6. The molecule has 4 aromatic heterocycles. The number of carbonyl (C=O) groups is 4. The number of aromatic nitrogens is 8. The summed E-state index contributed by atoms with van der Waals surface area (Å²) in [5.41, 5.74) is 8.22. The second-order valence-corrected chi connectivity index (χ2v) is 33.9. The predicted octanol–water partition coefficient (Wildman–Crippen LogP) is 16.6. The molecule has 29 nitrogen and oxygen atoms in total. The van der Waals surface area contributed by atoms with E-state index < -0.39 is 83.9 Å². The number of ether oxygens (including phenoxy) is 6. The van der Waals surface area contributed by atoms with Crippen molar-refractivity contribution in [1.82, 2.24) is 43.9 Å². The van der Waals surface area contributed by atoms with Gasteiger partial charge in [0.1, 0.15) is 72.9 Å². The number of fused-ring (bicyclic) bond motifs is 5. The van der Waals surface area contributed by atoms with Gasteiger partial charge in [0.05, 0.1) is 84.4 Å². The van der Waals surface area contributed by atoms with Gasteiger partial charge in [-0.15, -0.1) is 0 Å². The molecule has 6 heterocycles. The van der Waals surface area contributed by atoms with E-state index in [1.807, 2.05) is 146 Å². The van der Waals surface area contributed by atoms with Gasteiger partial charge in [-0.2, -0.15) is 10.5 Å². The van der Waals surface area contributed by atoms with Crippen molar-refractivity contribution in [2.75, 3.05) is 71.5 Å². The van der Waals surface area contributed by atoms with E-state index in [1.54, 1.807) is 42.5 Å². The van der Waals surface area contributed by atoms with E-state index in [9.17, 15) is 29.7 Å². The zero-order valence-electron chi connectivity index (χ0n) is 68.9. The highest BCUT2D eigenvalue weighted by molar-refractivity contribution is 7.48. The Labute approximate surface area is 708 Å². The van der Waals surface area contributed by atoms with Crippen LogP contribution < -0.4 is 20.1 Å². The molecule has 2 N–H and O–H groups in total. The van der Waals surface area contributed by atoms with Gasteiger partial charge >= 0.3 is 13.9 Å². The zero-order chi connectivity index (χ0) is 85.3. The van der Waals surface area contributed by atoms with Crippen LogP contribution in [0.25, 0.3) is 33.5 Å². The number of benzene rings is 7. The van der Waals surface area contributed by atoms with Crippen molar-refractivity contribution in [2.45, 2.75) is 140 Å². The van der Waals surface area contributed by atoms with Crippen LogP contribution in [-0.4, -0.2) is 159 Å². The molecule has 0 saturated carbocycles. The maximum absolute atomic E-state index is 16.2. The first-order valence-corrected chi connectivity index (χ1v) is 43.4. The summed E-state index contributed by atoms with van der Waals surface area (Å²) in [6.07, 6.45) is 0.315. The summed E-state index contributed by atoms with van der Waals surface area (Å²) in [6, 6.07) is 61.8. The number of hydrogen-bond donors (Lipinski definition) is 2. The van der Waals surface area contributed by atoms with Crippen LogP contribution in [-0.2, 0) is 74.2 Å². The Bertz CT molecular complexity index is 5460. The van der Waals surface area contributed by atoms with Crippen molar-refractivity contribution in [3.63, 3.8) is 0 Å². The highest BCUT2D eigenvalue weighted by atomic mass is 31.2. The molecule has 3 aliphatic rings. The first-order valence-electron chi connectivity index (χ1n) is 40.7. The van der Waals surface area contributed by atoms with Crippen molar-refractivity contribution in [3.05, 3.63) is 252 Å². The first-order chi connectivity index (χ1) is 59.3. The summed E-state index contributed by atoms with van der Waals surface area (Å²) in [5, 5.41) is 25.6. The van der Waals surface area contributed by atoms with Gasteiger partial charge in [0, 0.05) is 62.8 Å². The molecular weight excluding hydrogens is 1590 g/mol. The number of aryl methyl sites for hydroxylation is 1. The lowest BCUT2D eigenvalue weighted by molar-refractivity contribution is -0.118. The number of hydrogen-bond acceptors (Lipinski definition) is 24. The average Bonchev–Trinajstić information content (AvgIpc) is 1.68. The van der Waals surface area contributed by atoms with Gasteiger partial charge in [-0.25, -0.2) is 39.3 Å². The third-order valence-electron chi connectivity index (χ3n) is 21.9. The predicted molar refractivity (Wildman–Crippen MR) is 455 cm³/mol. The average molecular weight is 1690 g/mol. The number of anilines is 2. The molecule has 2 aliphatic heterocycles. The molecule has 11 aromatic rings. The number of phosphoric ester groups is 1. The van der Waals surface area contributed by atoms with Crippen molar-refractivity contribution in [3.8, 4) is 34.8 Å². The molecule has 31 heteroatoms. The maximum Gasteiger partial charge on any atom is 0.475 e. The molecule has 3 amide bonds. The fourth-order valence-corrected chi connectivity index (χ4v) is 19.4. The van der Waals surface area contributed by atoms with Crippen LogP contribution >= 0.6 is 16.2 Å². The maximum atomic E-state index is 16.2. The molecule has 632 valence electrons. The van der Waals surface area contributed by atoms with Crippen molar-refractivity contribution in [1.29, 1.82) is 10.5 Å². The van der Waals surface area contributed by atoms with Crippen molar-refractivity contribution >= 4 is 73.9 Å². The monoisotopic (exact) mass is 1690 g/mol. The third kappa shape index (κ3) is 20.3. The van der Waals surface area contributed by atoms with Crippen LogP contribution in [0.2, 0.25) is 0 Å². The number of methoxy groups -OCH3 is 2. The summed E-state index contributed by atoms with van der Waals surface area (Å²) < 4.78 is 91.6. The van der Waals surface area contributed by atoms with Gasteiger partial charge in [-0.05, 0) is 111 Å². The number of rotatable bonds is 40. The second-order valence-electron chi connectivity index (χ2n) is 30.6. The molecule has 14 rings (SSSR count). The fourth-order valence-electron chi connectivity index (χ4n) is 15.9. The van der Waals surface area contributed by atoms with Gasteiger partial charge in [0.25, 0.3) is 5.91 Å². The van der Waals surface area contributed by atoms with E-state index in [0.717, 1.165) is 38.9 Å². The van der Waals surface area contributed by atoms with E-state index in [1.165, 1.54) is 30.2 Å². The van der Waals surface area contributed by atoms with Crippen LogP contribution in [0.3, 0.4) is 0 Å². The molecular formula is C91H97N13O16P2.